The standard InChI is InChI=1S/C12H18N2/c1-2-14-9-8-12(10-14)13-11-6-4-3-5-7-11/h3-7,12-13H,2,8-10H2,1H3/t12-/m0/s1. The molecule has 1 aromatic carbocycles. The molecule has 2 heteroatoms. The van der Waals surface area contributed by atoms with Crippen LogP contribution in [0.25, 0.3) is 0 Å². The Labute approximate surface area is 85.9 Å². The number of anilines is 1. The Bertz CT molecular complexity index is 271. The highest BCUT2D eigenvalue weighted by Gasteiger charge is 2.20. The van der Waals surface area contributed by atoms with E-state index in [0.717, 1.165) is 0 Å². The number of nitrogens with one attached hydrogen (secondary N) is 1. The van der Waals surface area contributed by atoms with Gasteiger partial charge in [0.25, 0.3) is 0 Å². The third-order valence-electron chi connectivity index (χ3n) is 2.86. The van der Waals surface area contributed by atoms with E-state index in [-0.39, 0.29) is 0 Å². The van der Waals surface area contributed by atoms with Gasteiger partial charge in [-0.3, -0.25) is 0 Å². The first-order valence-electron chi connectivity index (χ1n) is 5.42. The maximum absolute atomic E-state index is 3.56. The minimum atomic E-state index is 0.636. The van der Waals surface area contributed by atoms with Gasteiger partial charge in [-0.15, -0.1) is 0 Å². The monoisotopic (exact) mass is 190 g/mol. The maximum atomic E-state index is 3.56. The van der Waals surface area contributed by atoms with E-state index in [2.05, 4.69) is 47.5 Å². The van der Waals surface area contributed by atoms with Crippen molar-refractivity contribution in [1.29, 1.82) is 0 Å². The lowest BCUT2D eigenvalue weighted by Crippen LogP contribution is -2.25. The van der Waals surface area contributed by atoms with Gasteiger partial charge in [0.15, 0.2) is 0 Å². The largest absolute Gasteiger partial charge is 0.381 e. The number of benzene rings is 1. The van der Waals surface area contributed by atoms with Crippen molar-refractivity contribution in [2.24, 2.45) is 0 Å². The molecule has 1 fully saturated rings. The van der Waals surface area contributed by atoms with Gasteiger partial charge in [-0.05, 0) is 25.1 Å². The zero-order valence-electron chi connectivity index (χ0n) is 8.74. The van der Waals surface area contributed by atoms with Gasteiger partial charge >= 0.3 is 0 Å². The van der Waals surface area contributed by atoms with Crippen LogP contribution in [-0.2, 0) is 0 Å². The van der Waals surface area contributed by atoms with Crippen molar-refractivity contribution >= 4 is 5.69 Å². The summed E-state index contributed by atoms with van der Waals surface area (Å²) in [6, 6.07) is 11.1. The average Bonchev–Trinajstić information content (AvgIpc) is 2.67. The number of likely N-dealkylation sites (tertiary alicyclic amines) is 1. The van der Waals surface area contributed by atoms with Crippen molar-refractivity contribution in [3.63, 3.8) is 0 Å². The SMILES string of the molecule is CCN1CC[C@H](Nc2ccccc2)C1. The predicted molar refractivity (Wildman–Crippen MR) is 60.6 cm³/mol. The first-order chi connectivity index (χ1) is 6.88. The normalized spacial score (nSPS) is 22.5. The van der Waals surface area contributed by atoms with Crippen LogP contribution in [0.4, 0.5) is 5.69 Å². The Morgan fingerprint density at radius 3 is 2.79 bits per heavy atom. The molecule has 1 atom stereocenters. The first kappa shape index (κ1) is 9.53. The van der Waals surface area contributed by atoms with Gasteiger partial charge < -0.3 is 10.2 Å². The van der Waals surface area contributed by atoms with Crippen LogP contribution in [0.3, 0.4) is 0 Å². The maximum Gasteiger partial charge on any atom is 0.0400 e. The molecule has 2 nitrogen and oxygen atoms in total. The molecule has 1 aromatic rings. The molecule has 0 amide bonds. The number of rotatable bonds is 3. The molecule has 2 rings (SSSR count). The van der Waals surface area contributed by atoms with Crippen molar-refractivity contribution in [3.8, 4) is 0 Å². The van der Waals surface area contributed by atoms with Crippen molar-refractivity contribution in [2.45, 2.75) is 19.4 Å². The molecule has 0 bridgehead atoms. The fourth-order valence-corrected chi connectivity index (χ4v) is 2.01. The van der Waals surface area contributed by atoms with Crippen molar-refractivity contribution in [1.82, 2.24) is 4.90 Å². The molecule has 76 valence electrons. The molecule has 0 saturated carbocycles. The smallest absolute Gasteiger partial charge is 0.0400 e. The quantitative estimate of drug-likeness (QED) is 0.786. The van der Waals surface area contributed by atoms with Gasteiger partial charge in [0.1, 0.15) is 0 Å². The number of nitrogens with zero attached hydrogens (tertiary/aromatic N) is 1. The Hall–Kier alpha value is -1.02. The Morgan fingerprint density at radius 2 is 2.14 bits per heavy atom. The molecule has 0 aliphatic carbocycles. The first-order valence-corrected chi connectivity index (χ1v) is 5.42. The van der Waals surface area contributed by atoms with E-state index in [9.17, 15) is 0 Å². The second kappa shape index (κ2) is 4.47. The summed E-state index contributed by atoms with van der Waals surface area (Å²) in [5, 5.41) is 3.56. The summed E-state index contributed by atoms with van der Waals surface area (Å²) in [4.78, 5) is 2.49. The molecule has 0 aromatic heterocycles. The molecule has 1 aliphatic heterocycles. The molecule has 0 radical (unpaired) electrons. The summed E-state index contributed by atoms with van der Waals surface area (Å²) < 4.78 is 0. The Morgan fingerprint density at radius 1 is 1.36 bits per heavy atom. The number of likely N-dealkylation sites (N-methyl/N-ethyl adjacent to an activating group) is 1. The second-order valence-corrected chi connectivity index (χ2v) is 3.89. The highest BCUT2D eigenvalue weighted by atomic mass is 15.2. The summed E-state index contributed by atoms with van der Waals surface area (Å²) in [6.07, 6.45) is 1.27. The highest BCUT2D eigenvalue weighted by Crippen LogP contribution is 2.14. The third-order valence-corrected chi connectivity index (χ3v) is 2.86. The van der Waals surface area contributed by atoms with Gasteiger partial charge in [-0.25, -0.2) is 0 Å². The van der Waals surface area contributed by atoms with E-state index >= 15 is 0 Å². The predicted octanol–water partition coefficient (Wildman–Crippen LogP) is 2.19. The fourth-order valence-electron chi connectivity index (χ4n) is 2.01. The summed E-state index contributed by atoms with van der Waals surface area (Å²) >= 11 is 0. The van der Waals surface area contributed by atoms with E-state index in [0.29, 0.717) is 6.04 Å². The molecular weight excluding hydrogens is 172 g/mol. The van der Waals surface area contributed by atoms with E-state index in [1.807, 2.05) is 0 Å². The Kier molecular flexibility index (Phi) is 3.04. The van der Waals surface area contributed by atoms with E-state index in [1.165, 1.54) is 31.7 Å². The van der Waals surface area contributed by atoms with Gasteiger partial charge in [0.2, 0.25) is 0 Å². The van der Waals surface area contributed by atoms with Crippen molar-refractivity contribution in [3.05, 3.63) is 30.3 Å². The van der Waals surface area contributed by atoms with Crippen molar-refractivity contribution < 1.29 is 0 Å². The van der Waals surface area contributed by atoms with Crippen LogP contribution in [0.1, 0.15) is 13.3 Å². The zero-order chi connectivity index (χ0) is 9.80. The van der Waals surface area contributed by atoms with Gasteiger partial charge in [-0.2, -0.15) is 0 Å². The fraction of sp³-hybridized carbons (Fsp3) is 0.500. The summed E-state index contributed by atoms with van der Waals surface area (Å²) in [6.45, 7) is 5.82. The summed E-state index contributed by atoms with van der Waals surface area (Å²) in [7, 11) is 0. The van der Waals surface area contributed by atoms with Crippen molar-refractivity contribution in [2.75, 3.05) is 25.0 Å². The number of hydrogen-bond acceptors (Lipinski definition) is 2. The third kappa shape index (κ3) is 2.26. The topological polar surface area (TPSA) is 15.3 Å². The molecule has 1 heterocycles. The molecule has 14 heavy (non-hydrogen) atoms. The Balaban J connectivity index is 1.88. The van der Waals surface area contributed by atoms with Crippen LogP contribution < -0.4 is 5.32 Å². The summed E-state index contributed by atoms with van der Waals surface area (Å²) in [5.41, 5.74) is 1.25. The van der Waals surface area contributed by atoms with Crippen LogP contribution in [-0.4, -0.2) is 30.6 Å². The van der Waals surface area contributed by atoms with Gasteiger partial charge in [0, 0.05) is 24.8 Å². The van der Waals surface area contributed by atoms with Crippen LogP contribution in [0.15, 0.2) is 30.3 Å². The van der Waals surface area contributed by atoms with E-state index < -0.39 is 0 Å². The lowest BCUT2D eigenvalue weighted by molar-refractivity contribution is 0.356. The van der Waals surface area contributed by atoms with E-state index in [1.54, 1.807) is 0 Å². The molecule has 1 aliphatic rings. The summed E-state index contributed by atoms with van der Waals surface area (Å²) in [5.74, 6) is 0. The lowest BCUT2D eigenvalue weighted by Gasteiger charge is -2.15. The van der Waals surface area contributed by atoms with Crippen LogP contribution in [0.2, 0.25) is 0 Å². The zero-order valence-corrected chi connectivity index (χ0v) is 8.74. The molecule has 1 N–H and O–H groups in total. The molecule has 0 unspecified atom stereocenters. The minimum Gasteiger partial charge on any atom is -0.381 e. The minimum absolute atomic E-state index is 0.636. The number of hydrogen-bond donors (Lipinski definition) is 1. The molecular formula is C12H18N2. The number of para-hydroxylation sites is 1. The van der Waals surface area contributed by atoms with Gasteiger partial charge in [-0.1, -0.05) is 25.1 Å². The average molecular weight is 190 g/mol. The molecule has 0 spiro atoms. The van der Waals surface area contributed by atoms with Gasteiger partial charge in [0.05, 0.1) is 0 Å². The van der Waals surface area contributed by atoms with Crippen LogP contribution >= 0.6 is 0 Å². The van der Waals surface area contributed by atoms with Crippen LogP contribution in [0.5, 0.6) is 0 Å². The second-order valence-electron chi connectivity index (χ2n) is 3.89. The highest BCUT2D eigenvalue weighted by molar-refractivity contribution is 5.43. The molecule has 1 saturated heterocycles. The van der Waals surface area contributed by atoms with E-state index in [4.69, 9.17) is 0 Å². The van der Waals surface area contributed by atoms with Crippen LogP contribution in [0, 0.1) is 0 Å². The lowest BCUT2D eigenvalue weighted by atomic mass is 10.2.